The molecule has 1 atom stereocenters. The third kappa shape index (κ3) is 5.06. The van der Waals surface area contributed by atoms with Crippen LogP contribution in [0.15, 0.2) is 83.8 Å². The van der Waals surface area contributed by atoms with Crippen molar-refractivity contribution in [1.82, 2.24) is 4.31 Å². The normalized spacial score (nSPS) is 16.0. The van der Waals surface area contributed by atoms with Gasteiger partial charge in [0.05, 0.1) is 4.90 Å². The Morgan fingerprint density at radius 1 is 1.00 bits per heavy atom. The van der Waals surface area contributed by atoms with Gasteiger partial charge in [-0.3, -0.25) is 9.59 Å². The topological polar surface area (TPSA) is 92.8 Å². The average molecular weight is 465 g/mol. The summed E-state index contributed by atoms with van der Waals surface area (Å²) < 4.78 is 32.6. The van der Waals surface area contributed by atoms with Crippen LogP contribution < -0.4 is 10.1 Å². The van der Waals surface area contributed by atoms with Crippen molar-refractivity contribution in [2.45, 2.75) is 37.3 Å². The molecule has 1 unspecified atom stereocenters. The lowest BCUT2D eigenvalue weighted by atomic mass is 10.2. The molecule has 3 aromatic rings. The van der Waals surface area contributed by atoms with E-state index < -0.39 is 27.9 Å². The molecule has 33 heavy (non-hydrogen) atoms. The largest absolute Gasteiger partial charge is 0.489 e. The number of anilines is 1. The van der Waals surface area contributed by atoms with E-state index in [9.17, 15) is 18.0 Å². The van der Waals surface area contributed by atoms with E-state index in [-0.39, 0.29) is 17.7 Å². The van der Waals surface area contributed by atoms with E-state index in [1.807, 2.05) is 37.3 Å². The summed E-state index contributed by atoms with van der Waals surface area (Å²) in [5.41, 5.74) is 2.42. The lowest BCUT2D eigenvalue weighted by Gasteiger charge is -2.23. The minimum Gasteiger partial charge on any atom is -0.489 e. The molecule has 7 nitrogen and oxygen atoms in total. The number of hydrogen-bond acceptors (Lipinski definition) is 5. The Kier molecular flexibility index (Phi) is 6.46. The molecule has 2 amide bonds. The van der Waals surface area contributed by atoms with Gasteiger partial charge < -0.3 is 10.1 Å². The summed E-state index contributed by atoms with van der Waals surface area (Å²) in [5.74, 6) is -0.494. The molecule has 0 aliphatic carbocycles. The monoisotopic (exact) mass is 464 g/mol. The Morgan fingerprint density at radius 2 is 1.67 bits per heavy atom. The van der Waals surface area contributed by atoms with Crippen LogP contribution >= 0.6 is 0 Å². The first-order chi connectivity index (χ1) is 15.8. The van der Waals surface area contributed by atoms with Crippen molar-refractivity contribution in [2.75, 3.05) is 5.32 Å². The van der Waals surface area contributed by atoms with Gasteiger partial charge in [-0.2, -0.15) is 0 Å². The number of nitrogens with one attached hydrogen (secondary N) is 1. The molecule has 170 valence electrons. The molecule has 1 saturated heterocycles. The van der Waals surface area contributed by atoms with E-state index in [1.165, 1.54) is 12.1 Å². The second-order valence-corrected chi connectivity index (χ2v) is 9.66. The fourth-order valence-electron chi connectivity index (χ4n) is 3.63. The van der Waals surface area contributed by atoms with E-state index in [1.54, 1.807) is 36.4 Å². The van der Waals surface area contributed by atoms with Gasteiger partial charge in [-0.05, 0) is 55.3 Å². The zero-order valence-electron chi connectivity index (χ0n) is 18.1. The van der Waals surface area contributed by atoms with Crippen molar-refractivity contribution in [3.8, 4) is 5.75 Å². The maximum Gasteiger partial charge on any atom is 0.267 e. The zero-order valence-corrected chi connectivity index (χ0v) is 18.9. The third-order valence-electron chi connectivity index (χ3n) is 5.41. The van der Waals surface area contributed by atoms with Crippen LogP contribution in [0.4, 0.5) is 5.69 Å². The minimum atomic E-state index is -4.13. The maximum absolute atomic E-state index is 13.1. The van der Waals surface area contributed by atoms with Gasteiger partial charge >= 0.3 is 0 Å². The number of carbonyl (C=O) groups is 2. The molecule has 0 aromatic heterocycles. The Hall–Kier alpha value is -3.65. The van der Waals surface area contributed by atoms with Gasteiger partial charge in [0, 0.05) is 12.1 Å². The first kappa shape index (κ1) is 22.5. The predicted octanol–water partition coefficient (Wildman–Crippen LogP) is 3.89. The Morgan fingerprint density at radius 3 is 2.33 bits per heavy atom. The Bertz CT molecular complexity index is 1240. The highest BCUT2D eigenvalue weighted by Gasteiger charge is 2.44. The zero-order chi connectivity index (χ0) is 23.4. The highest BCUT2D eigenvalue weighted by atomic mass is 32.2. The summed E-state index contributed by atoms with van der Waals surface area (Å²) in [6.07, 6.45) is 0.128. The van der Waals surface area contributed by atoms with Crippen LogP contribution in [0.25, 0.3) is 0 Å². The van der Waals surface area contributed by atoms with Crippen molar-refractivity contribution in [3.05, 3.63) is 90.0 Å². The van der Waals surface area contributed by atoms with Crippen molar-refractivity contribution in [3.63, 3.8) is 0 Å². The second kappa shape index (κ2) is 9.46. The summed E-state index contributed by atoms with van der Waals surface area (Å²) in [6, 6.07) is 21.6. The van der Waals surface area contributed by atoms with Crippen LogP contribution in [0.5, 0.6) is 5.75 Å². The number of nitrogens with zero attached hydrogens (tertiary/aromatic N) is 1. The SMILES string of the molecule is Cc1ccc(S(=O)(=O)N2C(=O)CCC2C(=O)Nc2ccc(OCc3ccccc3)cc2)cc1. The van der Waals surface area contributed by atoms with E-state index >= 15 is 0 Å². The van der Waals surface area contributed by atoms with E-state index in [0.29, 0.717) is 22.3 Å². The molecule has 0 radical (unpaired) electrons. The van der Waals surface area contributed by atoms with Gasteiger partial charge in [-0.1, -0.05) is 48.0 Å². The fourth-order valence-corrected chi connectivity index (χ4v) is 5.23. The van der Waals surface area contributed by atoms with Gasteiger partial charge in [0.1, 0.15) is 18.4 Å². The maximum atomic E-state index is 13.1. The van der Waals surface area contributed by atoms with Gasteiger partial charge in [0.25, 0.3) is 10.0 Å². The number of aryl methyl sites for hydroxylation is 1. The molecule has 0 spiro atoms. The lowest BCUT2D eigenvalue weighted by molar-refractivity contribution is -0.128. The molecule has 1 N–H and O–H groups in total. The van der Waals surface area contributed by atoms with Gasteiger partial charge in [-0.15, -0.1) is 0 Å². The van der Waals surface area contributed by atoms with E-state index in [4.69, 9.17) is 4.74 Å². The van der Waals surface area contributed by atoms with Crippen LogP contribution in [0.3, 0.4) is 0 Å². The number of rotatable bonds is 7. The summed E-state index contributed by atoms with van der Waals surface area (Å²) in [6.45, 7) is 2.26. The van der Waals surface area contributed by atoms with Crippen molar-refractivity contribution in [1.29, 1.82) is 0 Å². The third-order valence-corrected chi connectivity index (χ3v) is 7.26. The van der Waals surface area contributed by atoms with E-state index in [0.717, 1.165) is 11.1 Å². The van der Waals surface area contributed by atoms with Crippen LogP contribution in [-0.2, 0) is 26.2 Å². The number of sulfonamides is 1. The van der Waals surface area contributed by atoms with Crippen LogP contribution in [0, 0.1) is 6.92 Å². The van der Waals surface area contributed by atoms with Crippen LogP contribution in [0.1, 0.15) is 24.0 Å². The van der Waals surface area contributed by atoms with Crippen molar-refractivity contribution in [2.24, 2.45) is 0 Å². The smallest absolute Gasteiger partial charge is 0.267 e. The second-order valence-electron chi connectivity index (χ2n) is 7.85. The Balaban J connectivity index is 1.43. The number of carbonyl (C=O) groups excluding carboxylic acids is 2. The first-order valence-electron chi connectivity index (χ1n) is 10.6. The number of hydrogen-bond donors (Lipinski definition) is 1. The molecule has 3 aromatic carbocycles. The molecule has 1 fully saturated rings. The number of benzene rings is 3. The molecule has 1 aliphatic heterocycles. The number of ether oxygens (including phenoxy) is 1. The molecular weight excluding hydrogens is 440 g/mol. The summed E-state index contributed by atoms with van der Waals surface area (Å²) in [4.78, 5) is 25.3. The van der Waals surface area contributed by atoms with Crippen LogP contribution in [-0.4, -0.2) is 30.6 Å². The van der Waals surface area contributed by atoms with Gasteiger partial charge in [0.15, 0.2) is 0 Å². The first-order valence-corrected chi connectivity index (χ1v) is 12.0. The average Bonchev–Trinajstić information content (AvgIpc) is 3.22. The van der Waals surface area contributed by atoms with E-state index in [2.05, 4.69) is 5.32 Å². The molecule has 4 rings (SSSR count). The summed E-state index contributed by atoms with van der Waals surface area (Å²) in [7, 11) is -4.13. The lowest BCUT2D eigenvalue weighted by Crippen LogP contribution is -2.45. The Labute approximate surface area is 193 Å². The summed E-state index contributed by atoms with van der Waals surface area (Å²) in [5, 5.41) is 2.72. The highest BCUT2D eigenvalue weighted by molar-refractivity contribution is 7.89. The number of amides is 2. The molecule has 8 heteroatoms. The van der Waals surface area contributed by atoms with Crippen LogP contribution in [0.2, 0.25) is 0 Å². The van der Waals surface area contributed by atoms with Gasteiger partial charge in [0.2, 0.25) is 11.8 Å². The molecule has 0 saturated carbocycles. The minimum absolute atomic E-state index is 0.00452. The predicted molar refractivity (Wildman–Crippen MR) is 124 cm³/mol. The van der Waals surface area contributed by atoms with Crippen molar-refractivity contribution >= 4 is 27.5 Å². The molecule has 1 heterocycles. The fraction of sp³-hybridized carbons (Fsp3) is 0.200. The van der Waals surface area contributed by atoms with Gasteiger partial charge in [-0.25, -0.2) is 12.7 Å². The quantitative estimate of drug-likeness (QED) is 0.573. The molecule has 0 bridgehead atoms. The summed E-state index contributed by atoms with van der Waals surface area (Å²) >= 11 is 0. The molecule has 1 aliphatic rings. The van der Waals surface area contributed by atoms with Crippen molar-refractivity contribution < 1.29 is 22.7 Å². The molecular formula is C25H24N2O5S. The standard InChI is InChI=1S/C25H24N2O5S/c1-18-7-13-22(14-8-18)33(30,31)27-23(15-16-24(27)28)25(29)26-20-9-11-21(12-10-20)32-17-19-5-3-2-4-6-19/h2-14,23H,15-17H2,1H3,(H,26,29). The highest BCUT2D eigenvalue weighted by Crippen LogP contribution is 2.28.